The summed E-state index contributed by atoms with van der Waals surface area (Å²) in [6, 6.07) is 18.7. The van der Waals surface area contributed by atoms with Crippen molar-refractivity contribution in [1.29, 1.82) is 0 Å². The predicted molar refractivity (Wildman–Crippen MR) is 159 cm³/mol. The van der Waals surface area contributed by atoms with Crippen LogP contribution in [-0.4, -0.2) is 49.6 Å². The highest BCUT2D eigenvalue weighted by Crippen LogP contribution is 2.43. The van der Waals surface area contributed by atoms with Gasteiger partial charge in [-0.1, -0.05) is 31.0 Å². The minimum Gasteiger partial charge on any atom is -0.508 e. The van der Waals surface area contributed by atoms with E-state index in [0.717, 1.165) is 74.7 Å². The van der Waals surface area contributed by atoms with Crippen LogP contribution >= 0.6 is 0 Å². The van der Waals surface area contributed by atoms with Crippen LogP contribution in [0.25, 0.3) is 0 Å². The molecule has 2 aliphatic heterocycles. The van der Waals surface area contributed by atoms with Crippen LogP contribution in [0.5, 0.6) is 23.0 Å². The lowest BCUT2D eigenvalue weighted by molar-refractivity contribution is 0.174. The van der Waals surface area contributed by atoms with E-state index in [1.165, 1.54) is 61.0 Å². The molecule has 1 fully saturated rings. The summed E-state index contributed by atoms with van der Waals surface area (Å²) < 4.78 is 17.5. The Bertz CT molecular complexity index is 1270. The van der Waals surface area contributed by atoms with Gasteiger partial charge in [0.2, 0.25) is 6.79 Å². The van der Waals surface area contributed by atoms with E-state index in [9.17, 15) is 5.11 Å². The van der Waals surface area contributed by atoms with Crippen molar-refractivity contribution in [3.63, 3.8) is 0 Å². The summed E-state index contributed by atoms with van der Waals surface area (Å²) in [5.41, 5.74) is 6.36. The van der Waals surface area contributed by atoms with E-state index < -0.39 is 0 Å². The van der Waals surface area contributed by atoms with Gasteiger partial charge in [0.1, 0.15) is 18.1 Å². The molecular formula is C34H42N2O4. The normalized spacial score (nSPS) is 18.6. The molecule has 3 aromatic carbocycles. The molecule has 1 aliphatic carbocycles. The van der Waals surface area contributed by atoms with Gasteiger partial charge in [0.25, 0.3) is 0 Å². The van der Waals surface area contributed by atoms with Gasteiger partial charge in [0, 0.05) is 24.8 Å². The summed E-state index contributed by atoms with van der Waals surface area (Å²) in [7, 11) is 0. The first kappa shape index (κ1) is 26.8. The molecule has 212 valence electrons. The molecule has 3 aromatic rings. The standard InChI is InChI=1S/C34H42N2O4/c37-29-12-11-26-20-28(10-9-27(26)21-29)31-22-33-34(40-24-39-33)23-32(31)35-15-5-6-25-7-13-30(14-8-25)38-19-18-36-16-3-1-2-4-17-36/h7-8,11-14,21-23,28,35,37H,1-6,9-10,15-20,24H2. The Morgan fingerprint density at radius 3 is 2.52 bits per heavy atom. The number of likely N-dealkylation sites (tertiary alicyclic amines) is 1. The van der Waals surface area contributed by atoms with Crippen molar-refractivity contribution in [2.45, 2.75) is 63.7 Å². The fraction of sp³-hybridized carbons (Fsp3) is 0.471. The van der Waals surface area contributed by atoms with Gasteiger partial charge in [-0.2, -0.15) is 0 Å². The van der Waals surface area contributed by atoms with Crippen molar-refractivity contribution in [2.75, 3.05) is 44.9 Å². The molecule has 1 saturated heterocycles. The molecule has 2 N–H and O–H groups in total. The summed E-state index contributed by atoms with van der Waals surface area (Å²) in [4.78, 5) is 2.54. The molecule has 1 atom stereocenters. The molecule has 3 aliphatic rings. The lowest BCUT2D eigenvalue weighted by atomic mass is 9.79. The Labute approximate surface area is 238 Å². The first-order chi connectivity index (χ1) is 19.7. The first-order valence-corrected chi connectivity index (χ1v) is 15.1. The van der Waals surface area contributed by atoms with Gasteiger partial charge in [-0.15, -0.1) is 0 Å². The first-order valence-electron chi connectivity index (χ1n) is 15.1. The third kappa shape index (κ3) is 6.67. The second kappa shape index (κ2) is 12.9. The molecule has 0 radical (unpaired) electrons. The maximum absolute atomic E-state index is 9.88. The number of rotatable bonds is 10. The van der Waals surface area contributed by atoms with Crippen LogP contribution in [-0.2, 0) is 19.3 Å². The Kier molecular flexibility index (Phi) is 8.62. The molecule has 6 heteroatoms. The minimum atomic E-state index is 0.281. The number of aromatic hydroxyl groups is 1. The number of aryl methyl sites for hydroxylation is 2. The second-order valence-electron chi connectivity index (χ2n) is 11.5. The third-order valence-electron chi connectivity index (χ3n) is 8.66. The Morgan fingerprint density at radius 1 is 0.900 bits per heavy atom. The predicted octanol–water partition coefficient (Wildman–Crippen LogP) is 6.69. The van der Waals surface area contributed by atoms with E-state index in [1.807, 2.05) is 6.07 Å². The number of nitrogens with one attached hydrogen (secondary N) is 1. The van der Waals surface area contributed by atoms with E-state index in [-0.39, 0.29) is 6.79 Å². The average molecular weight is 543 g/mol. The summed E-state index contributed by atoms with van der Waals surface area (Å²) >= 11 is 0. The van der Waals surface area contributed by atoms with Crippen molar-refractivity contribution in [3.05, 3.63) is 76.9 Å². The average Bonchev–Trinajstić information content (AvgIpc) is 3.28. The van der Waals surface area contributed by atoms with Crippen molar-refractivity contribution in [1.82, 2.24) is 4.90 Å². The SMILES string of the molecule is Oc1ccc2c(c1)CCC(c1cc3c(cc1NCCCc1ccc(OCCN4CCCCCC4)cc1)OCO3)C2. The van der Waals surface area contributed by atoms with Crippen LogP contribution < -0.4 is 19.5 Å². The van der Waals surface area contributed by atoms with Crippen LogP contribution in [0.4, 0.5) is 5.69 Å². The van der Waals surface area contributed by atoms with Crippen LogP contribution in [0.1, 0.15) is 66.7 Å². The van der Waals surface area contributed by atoms with E-state index in [4.69, 9.17) is 14.2 Å². The zero-order chi connectivity index (χ0) is 27.1. The van der Waals surface area contributed by atoms with Crippen molar-refractivity contribution in [2.24, 2.45) is 0 Å². The maximum atomic E-state index is 9.88. The molecule has 2 heterocycles. The molecule has 0 aromatic heterocycles. The van der Waals surface area contributed by atoms with Gasteiger partial charge in [0.05, 0.1) is 0 Å². The zero-order valence-corrected chi connectivity index (χ0v) is 23.5. The van der Waals surface area contributed by atoms with Crippen LogP contribution in [0.2, 0.25) is 0 Å². The fourth-order valence-corrected chi connectivity index (χ4v) is 6.38. The maximum Gasteiger partial charge on any atom is 0.231 e. The van der Waals surface area contributed by atoms with Gasteiger partial charge >= 0.3 is 0 Å². The van der Waals surface area contributed by atoms with Crippen molar-refractivity contribution in [3.8, 4) is 23.0 Å². The minimum absolute atomic E-state index is 0.281. The number of ether oxygens (including phenoxy) is 3. The van der Waals surface area contributed by atoms with Gasteiger partial charge in [0.15, 0.2) is 11.5 Å². The van der Waals surface area contributed by atoms with Crippen molar-refractivity contribution >= 4 is 5.69 Å². The summed E-state index contributed by atoms with van der Waals surface area (Å²) in [6.45, 7) is 5.37. The van der Waals surface area contributed by atoms with E-state index >= 15 is 0 Å². The molecule has 40 heavy (non-hydrogen) atoms. The molecule has 0 saturated carbocycles. The highest BCUT2D eigenvalue weighted by molar-refractivity contribution is 5.63. The van der Waals surface area contributed by atoms with Crippen LogP contribution in [0.15, 0.2) is 54.6 Å². The Hall–Kier alpha value is -3.38. The fourth-order valence-electron chi connectivity index (χ4n) is 6.38. The van der Waals surface area contributed by atoms with Crippen LogP contribution in [0.3, 0.4) is 0 Å². The smallest absolute Gasteiger partial charge is 0.231 e. The monoisotopic (exact) mass is 542 g/mol. The topological polar surface area (TPSA) is 63.2 Å². The van der Waals surface area contributed by atoms with E-state index in [2.05, 4.69) is 52.7 Å². The molecule has 0 bridgehead atoms. The highest BCUT2D eigenvalue weighted by atomic mass is 16.7. The summed E-state index contributed by atoms with van der Waals surface area (Å²) in [5.74, 6) is 3.38. The molecule has 0 amide bonds. The number of nitrogens with zero attached hydrogens (tertiary/aromatic N) is 1. The zero-order valence-electron chi connectivity index (χ0n) is 23.5. The number of phenolic OH excluding ortho intramolecular Hbond substituents is 1. The Balaban J connectivity index is 1.01. The number of hydrogen-bond acceptors (Lipinski definition) is 6. The van der Waals surface area contributed by atoms with Gasteiger partial charge in [-0.05, 0) is 117 Å². The lowest BCUT2D eigenvalue weighted by Crippen LogP contribution is -2.29. The Morgan fingerprint density at radius 2 is 1.70 bits per heavy atom. The second-order valence-corrected chi connectivity index (χ2v) is 11.5. The van der Waals surface area contributed by atoms with Gasteiger partial charge in [-0.25, -0.2) is 0 Å². The number of anilines is 1. The number of hydrogen-bond donors (Lipinski definition) is 2. The third-order valence-corrected chi connectivity index (χ3v) is 8.66. The number of benzene rings is 3. The van der Waals surface area contributed by atoms with Crippen molar-refractivity contribution < 1.29 is 19.3 Å². The summed E-state index contributed by atoms with van der Waals surface area (Å²) in [6.07, 6.45) is 10.4. The van der Waals surface area contributed by atoms with E-state index in [1.54, 1.807) is 6.07 Å². The van der Waals surface area contributed by atoms with E-state index in [0.29, 0.717) is 11.7 Å². The molecule has 6 rings (SSSR count). The van der Waals surface area contributed by atoms with Gasteiger partial charge < -0.3 is 24.6 Å². The number of phenols is 1. The molecule has 0 spiro atoms. The lowest BCUT2D eigenvalue weighted by Gasteiger charge is -2.27. The quantitative estimate of drug-likeness (QED) is 0.278. The largest absolute Gasteiger partial charge is 0.508 e. The molecular weight excluding hydrogens is 500 g/mol. The molecule has 1 unspecified atom stereocenters. The van der Waals surface area contributed by atoms with Crippen LogP contribution in [0, 0.1) is 0 Å². The highest BCUT2D eigenvalue weighted by Gasteiger charge is 2.26. The molecule has 6 nitrogen and oxygen atoms in total. The summed E-state index contributed by atoms with van der Waals surface area (Å²) in [5, 5.41) is 13.6. The number of fused-ring (bicyclic) bond motifs is 2. The van der Waals surface area contributed by atoms with Gasteiger partial charge in [-0.3, -0.25) is 4.90 Å².